The zero-order valence-electron chi connectivity index (χ0n) is 35.4. The van der Waals surface area contributed by atoms with Gasteiger partial charge in [-0.15, -0.1) is 0 Å². The van der Waals surface area contributed by atoms with Gasteiger partial charge in [0.05, 0.1) is 32.3 Å². The number of carbonyl (C=O) groups is 7. The lowest BCUT2D eigenvalue weighted by Gasteiger charge is -2.42. The lowest BCUT2D eigenvalue weighted by atomic mass is 10.00. The number of nitrogens with zero attached hydrogens (tertiary/aromatic N) is 4. The second-order valence-corrected chi connectivity index (χ2v) is 20.0. The number of benzene rings is 1. The molecule has 1 saturated carbocycles. The smallest absolute Gasteiger partial charge is 0.410 e. The molecule has 3 fully saturated rings. The first kappa shape index (κ1) is 48.0. The third-order valence-electron chi connectivity index (χ3n) is 10.8. The number of fused-ring (bicyclic) bond motifs is 4. The first-order chi connectivity index (χ1) is 28.1. The lowest BCUT2D eigenvalue weighted by molar-refractivity contribution is -0.158. The number of hydrogen-bond donors (Lipinski definition) is 3. The molecule has 1 aliphatic carbocycles. The fourth-order valence-corrected chi connectivity index (χ4v) is 10.3. The van der Waals surface area contributed by atoms with Crippen molar-refractivity contribution in [3.63, 3.8) is 0 Å². The van der Waals surface area contributed by atoms with Crippen molar-refractivity contribution in [1.82, 2.24) is 30.2 Å². The van der Waals surface area contributed by atoms with Gasteiger partial charge in [-0.3, -0.25) is 28.8 Å². The number of amides is 7. The summed E-state index contributed by atoms with van der Waals surface area (Å²) < 4.78 is 5.41. The van der Waals surface area contributed by atoms with E-state index >= 15 is 0 Å². The molecule has 0 aromatic heterocycles. The maximum absolute atomic E-state index is 13.3. The van der Waals surface area contributed by atoms with E-state index in [-0.39, 0.29) is 86.8 Å². The largest absolute Gasteiger partial charge is 0.445 e. The van der Waals surface area contributed by atoms with Crippen molar-refractivity contribution >= 4 is 82.5 Å². The molecule has 4 bridgehead atoms. The fraction of sp³-hybridized carbons (Fsp3) is 0.683. The van der Waals surface area contributed by atoms with Crippen molar-refractivity contribution in [3.8, 4) is 0 Å². The van der Waals surface area contributed by atoms with Crippen LogP contribution in [0.4, 0.5) is 10.5 Å². The van der Waals surface area contributed by atoms with Crippen LogP contribution in [0.2, 0.25) is 0 Å². The minimum Gasteiger partial charge on any atom is -0.445 e. The van der Waals surface area contributed by atoms with Crippen LogP contribution in [0.3, 0.4) is 0 Å². The van der Waals surface area contributed by atoms with Gasteiger partial charge in [-0.05, 0) is 55.7 Å². The molecule has 59 heavy (non-hydrogen) atoms. The summed E-state index contributed by atoms with van der Waals surface area (Å²) in [5, 5.41) is 9.16. The first-order valence-electron chi connectivity index (χ1n) is 20.6. The Balaban J connectivity index is 1.17. The summed E-state index contributed by atoms with van der Waals surface area (Å²) in [5.41, 5.74) is 1.25. The Morgan fingerprint density at radius 2 is 1.47 bits per heavy atom. The molecule has 4 atom stereocenters. The van der Waals surface area contributed by atoms with Crippen molar-refractivity contribution in [2.75, 3.05) is 61.9 Å². The highest BCUT2D eigenvalue weighted by atomic mass is 32.2. The molecule has 3 aliphatic rings. The average Bonchev–Trinajstić information content (AvgIpc) is 3.21. The van der Waals surface area contributed by atoms with Crippen LogP contribution in [-0.2, 0) is 40.1 Å². The number of rotatable bonds is 15. The summed E-state index contributed by atoms with van der Waals surface area (Å²) in [4.78, 5) is 97.0. The molecule has 2 heterocycles. The molecule has 7 amide bonds. The molecular weight excluding hydrogens is 815 g/mol. The Bertz CT molecular complexity index is 1580. The maximum atomic E-state index is 13.3. The minimum atomic E-state index is -0.882. The molecular formula is C41H63N7O8S3. The molecule has 3 N–H and O–H groups in total. The van der Waals surface area contributed by atoms with E-state index in [9.17, 15) is 33.6 Å². The van der Waals surface area contributed by atoms with Crippen LogP contribution in [0.5, 0.6) is 0 Å². The van der Waals surface area contributed by atoms with Gasteiger partial charge < -0.3 is 40.3 Å². The van der Waals surface area contributed by atoms with Gasteiger partial charge in [0.2, 0.25) is 35.4 Å². The highest BCUT2D eigenvalue weighted by Crippen LogP contribution is 2.35. The van der Waals surface area contributed by atoms with Crippen molar-refractivity contribution in [1.29, 1.82) is 0 Å². The maximum Gasteiger partial charge on any atom is 0.410 e. The van der Waals surface area contributed by atoms with Crippen LogP contribution in [0.15, 0.2) is 24.3 Å². The summed E-state index contributed by atoms with van der Waals surface area (Å²) in [6, 6.07) is 5.97. The zero-order chi connectivity index (χ0) is 43.1. The van der Waals surface area contributed by atoms with E-state index in [4.69, 9.17) is 4.74 Å². The predicted molar refractivity (Wildman–Crippen MR) is 234 cm³/mol. The normalized spacial score (nSPS) is 20.0. The average molecular weight is 878 g/mol. The fourth-order valence-electron chi connectivity index (χ4n) is 6.83. The third kappa shape index (κ3) is 15.7. The first-order valence-corrected chi connectivity index (χ1v) is 23.9. The van der Waals surface area contributed by atoms with Crippen LogP contribution < -0.4 is 16.0 Å². The van der Waals surface area contributed by atoms with E-state index in [1.54, 1.807) is 64.8 Å². The molecule has 1 aromatic rings. The van der Waals surface area contributed by atoms with E-state index in [0.717, 1.165) is 23.5 Å². The molecule has 328 valence electrons. The number of hydrogen-bond acceptors (Lipinski definition) is 11. The molecule has 15 nitrogen and oxygen atoms in total. The predicted octanol–water partition coefficient (Wildman–Crippen LogP) is 4.56. The second kappa shape index (κ2) is 24.0. The van der Waals surface area contributed by atoms with E-state index in [1.807, 2.05) is 44.3 Å². The Morgan fingerprint density at radius 3 is 2.05 bits per heavy atom. The standard InChI is InChI=1S/C41H63N7O8S3/c1-27(2)29(5)45(6)41(55)56-22-30-10-12-31(13-11-30)43-34(49)21-42-40(54)39(28(3)4)44-35(50)23-57-17-14-36(51)46-24-47-26-48(25-46)38(53)16-19-59-33-9-7-8-32(20-33)58-18-15-37(47)52/h10-13,27-29,32-33,39H,7-9,14-26H2,1-6H3,(H,42,54)(H,43,49)(H,44,50). The summed E-state index contributed by atoms with van der Waals surface area (Å²) in [5.74, 6) is 0.144. The van der Waals surface area contributed by atoms with Gasteiger partial charge in [0.1, 0.15) is 12.6 Å². The summed E-state index contributed by atoms with van der Waals surface area (Å²) in [6.45, 7) is 9.81. The van der Waals surface area contributed by atoms with Gasteiger partial charge in [0.25, 0.3) is 0 Å². The third-order valence-corrected chi connectivity index (χ3v) is 14.5. The minimum absolute atomic E-state index is 0.0137. The Morgan fingerprint density at radius 1 is 0.864 bits per heavy atom. The van der Waals surface area contributed by atoms with Crippen LogP contribution in [0.1, 0.15) is 85.1 Å². The van der Waals surface area contributed by atoms with Gasteiger partial charge in [-0.1, -0.05) is 46.2 Å². The Labute approximate surface area is 361 Å². The zero-order valence-corrected chi connectivity index (χ0v) is 37.8. The van der Waals surface area contributed by atoms with Gasteiger partial charge >= 0.3 is 6.09 Å². The van der Waals surface area contributed by atoms with E-state index in [2.05, 4.69) is 16.0 Å². The Hall–Kier alpha value is -3.64. The number of anilines is 1. The number of carbonyl (C=O) groups excluding carboxylic acids is 7. The molecule has 2 aliphatic heterocycles. The second-order valence-electron chi connectivity index (χ2n) is 16.1. The molecule has 0 spiro atoms. The molecule has 0 radical (unpaired) electrons. The summed E-state index contributed by atoms with van der Waals surface area (Å²) in [6.07, 6.45) is 5.08. The van der Waals surface area contributed by atoms with Crippen LogP contribution in [0.25, 0.3) is 0 Å². The van der Waals surface area contributed by atoms with Gasteiger partial charge in [-0.25, -0.2) is 4.79 Å². The highest BCUT2D eigenvalue weighted by molar-refractivity contribution is 8.00. The van der Waals surface area contributed by atoms with Gasteiger partial charge in [0.15, 0.2) is 0 Å². The van der Waals surface area contributed by atoms with Crippen molar-refractivity contribution < 1.29 is 38.3 Å². The van der Waals surface area contributed by atoms with Gasteiger partial charge in [-0.2, -0.15) is 35.3 Å². The van der Waals surface area contributed by atoms with Gasteiger partial charge in [0, 0.05) is 65.8 Å². The molecule has 4 unspecified atom stereocenters. The van der Waals surface area contributed by atoms with Crippen LogP contribution in [0, 0.1) is 11.8 Å². The number of ether oxygens (including phenoxy) is 1. The molecule has 18 heteroatoms. The van der Waals surface area contributed by atoms with Crippen LogP contribution >= 0.6 is 35.3 Å². The van der Waals surface area contributed by atoms with Crippen molar-refractivity contribution in [2.45, 2.75) is 109 Å². The van der Waals surface area contributed by atoms with E-state index in [1.165, 1.54) is 31.0 Å². The van der Waals surface area contributed by atoms with Crippen molar-refractivity contribution in [3.05, 3.63) is 29.8 Å². The summed E-state index contributed by atoms with van der Waals surface area (Å²) >= 11 is 4.99. The number of thioether (sulfide) groups is 3. The SMILES string of the molecule is CC(C)C(NC(=O)CSCCC(=O)N1CN2CN(C1)C(=O)CCSC1CCCC(C1)SCCC2=O)C(=O)NCC(=O)Nc1ccc(COC(=O)N(C)C(C)C(C)C)cc1. The monoisotopic (exact) mass is 877 g/mol. The molecule has 1 aromatic carbocycles. The molecule has 2 saturated heterocycles. The van der Waals surface area contributed by atoms with Crippen LogP contribution in [-0.4, -0.2) is 140 Å². The number of nitrogens with one attached hydrogen (secondary N) is 3. The highest BCUT2D eigenvalue weighted by Gasteiger charge is 2.33. The lowest BCUT2D eigenvalue weighted by Crippen LogP contribution is -2.59. The van der Waals surface area contributed by atoms with E-state index < -0.39 is 23.9 Å². The van der Waals surface area contributed by atoms with Crippen molar-refractivity contribution in [2.24, 2.45) is 11.8 Å². The molecule has 4 rings (SSSR count). The van der Waals surface area contributed by atoms with E-state index in [0.29, 0.717) is 34.8 Å². The topological polar surface area (TPSA) is 178 Å². The quantitative estimate of drug-likeness (QED) is 0.211. The summed E-state index contributed by atoms with van der Waals surface area (Å²) in [7, 11) is 1.70. The Kier molecular flexibility index (Phi) is 19.5.